The molecule has 1 aliphatic rings. The average molecular weight is 337 g/mol. The molecule has 1 unspecified atom stereocenters. The Labute approximate surface area is 131 Å². The van der Waals surface area contributed by atoms with E-state index >= 15 is 0 Å². The van der Waals surface area contributed by atoms with Gasteiger partial charge in [0.1, 0.15) is 6.04 Å². The fourth-order valence-corrected chi connectivity index (χ4v) is 4.23. The molecule has 0 amide bonds. The Bertz CT molecular complexity index is 339. The molecule has 122 valence electrons. The molecular weight excluding hydrogens is 313 g/mol. The summed E-state index contributed by atoms with van der Waals surface area (Å²) in [7, 11) is -0.216. The third-order valence-electron chi connectivity index (χ3n) is 3.33. The van der Waals surface area contributed by atoms with E-state index in [2.05, 4.69) is 0 Å². The highest BCUT2D eigenvalue weighted by atomic mass is 32.2. The number of carbonyl (C=O) groups is 1. The molecule has 1 heterocycles. The molecular formula is C13H24NO5PS. The van der Waals surface area contributed by atoms with E-state index in [9.17, 15) is 14.5 Å². The van der Waals surface area contributed by atoms with Crippen LogP contribution in [0.4, 0.5) is 0 Å². The van der Waals surface area contributed by atoms with Crippen molar-refractivity contribution in [1.29, 1.82) is 0 Å². The lowest BCUT2D eigenvalue weighted by Crippen LogP contribution is -2.45. The molecule has 0 radical (unpaired) electrons. The second-order valence-electron chi connectivity index (χ2n) is 4.72. The van der Waals surface area contributed by atoms with Gasteiger partial charge < -0.3 is 14.6 Å². The standard InChI is InChI=1S/C13H24NO5PS/c1-3-18-13(20-17,19-4-2)21-10-9-14-8-6-5-7-11(14)12(15)16/h11H,3-10H2,1-2H3,(H,15,16). The van der Waals surface area contributed by atoms with Gasteiger partial charge in [-0.15, -0.1) is 0 Å². The van der Waals surface area contributed by atoms with Gasteiger partial charge >= 0.3 is 10.8 Å². The van der Waals surface area contributed by atoms with Gasteiger partial charge in [0.15, 0.2) is 0 Å². The van der Waals surface area contributed by atoms with Crippen molar-refractivity contribution in [2.75, 3.05) is 32.1 Å². The highest BCUT2D eigenvalue weighted by molar-refractivity contribution is 8.04. The van der Waals surface area contributed by atoms with E-state index in [0.29, 0.717) is 31.9 Å². The fourth-order valence-electron chi connectivity index (χ4n) is 2.40. The minimum absolute atomic E-state index is 0.216. The van der Waals surface area contributed by atoms with Gasteiger partial charge in [-0.05, 0) is 33.2 Å². The van der Waals surface area contributed by atoms with Gasteiger partial charge in [-0.2, -0.15) is 0 Å². The molecule has 1 rings (SSSR count). The van der Waals surface area contributed by atoms with E-state index in [1.165, 1.54) is 11.8 Å². The first kappa shape index (κ1) is 18.8. The molecule has 0 aromatic rings. The largest absolute Gasteiger partial charge is 0.480 e. The zero-order valence-electron chi connectivity index (χ0n) is 12.6. The third kappa shape index (κ3) is 5.83. The second-order valence-corrected chi connectivity index (χ2v) is 7.02. The minimum Gasteiger partial charge on any atom is -0.480 e. The van der Waals surface area contributed by atoms with Crippen LogP contribution in [0, 0.1) is 0 Å². The number of hydrogen-bond donors (Lipinski definition) is 1. The Morgan fingerprint density at radius 3 is 2.57 bits per heavy atom. The number of thioether (sulfide) groups is 1. The van der Waals surface area contributed by atoms with Crippen LogP contribution in [0.15, 0.2) is 0 Å². The summed E-state index contributed by atoms with van der Waals surface area (Å²) in [6.07, 6.45) is 2.68. The zero-order chi connectivity index (χ0) is 15.7. The van der Waals surface area contributed by atoms with E-state index in [1.807, 2.05) is 18.7 Å². The Morgan fingerprint density at radius 2 is 2.05 bits per heavy atom. The van der Waals surface area contributed by atoms with E-state index in [0.717, 1.165) is 19.4 Å². The zero-order valence-corrected chi connectivity index (χ0v) is 14.3. The SMILES string of the molecule is CCOC(OCC)(P=O)SCCN1CCCCC1C(=O)O. The van der Waals surface area contributed by atoms with Crippen LogP contribution in [0.3, 0.4) is 0 Å². The van der Waals surface area contributed by atoms with Gasteiger partial charge in [-0.3, -0.25) is 14.3 Å². The van der Waals surface area contributed by atoms with Gasteiger partial charge in [0.2, 0.25) is 8.46 Å². The predicted octanol–water partition coefficient (Wildman–Crippen LogP) is 2.63. The van der Waals surface area contributed by atoms with Crippen molar-refractivity contribution in [2.24, 2.45) is 0 Å². The van der Waals surface area contributed by atoms with Crippen LogP contribution in [-0.2, 0) is 18.8 Å². The Hall–Kier alpha value is -0.200. The lowest BCUT2D eigenvalue weighted by Gasteiger charge is -2.33. The number of piperidine rings is 1. The van der Waals surface area contributed by atoms with E-state index in [4.69, 9.17) is 9.47 Å². The maximum Gasteiger partial charge on any atom is 0.320 e. The second kappa shape index (κ2) is 9.74. The van der Waals surface area contributed by atoms with Gasteiger partial charge in [-0.1, -0.05) is 18.2 Å². The lowest BCUT2D eigenvalue weighted by atomic mass is 10.0. The summed E-state index contributed by atoms with van der Waals surface area (Å²) in [4.78, 5) is 12.0. The first-order chi connectivity index (χ1) is 10.1. The molecule has 0 bridgehead atoms. The van der Waals surface area contributed by atoms with Crippen LogP contribution < -0.4 is 0 Å². The minimum atomic E-state index is -1.17. The summed E-state index contributed by atoms with van der Waals surface area (Å²) in [6, 6.07) is -0.405. The van der Waals surface area contributed by atoms with Crippen molar-refractivity contribution in [3.63, 3.8) is 0 Å². The predicted molar refractivity (Wildman–Crippen MR) is 82.9 cm³/mol. The van der Waals surface area contributed by atoms with Gasteiger partial charge in [-0.25, -0.2) is 0 Å². The highest BCUT2D eigenvalue weighted by Crippen LogP contribution is 2.38. The number of nitrogens with zero attached hydrogens (tertiary/aromatic N) is 1. The van der Waals surface area contributed by atoms with Crippen molar-refractivity contribution < 1.29 is 23.9 Å². The van der Waals surface area contributed by atoms with Crippen molar-refractivity contribution in [1.82, 2.24) is 4.90 Å². The molecule has 8 heteroatoms. The van der Waals surface area contributed by atoms with E-state index < -0.39 is 16.9 Å². The Balaban J connectivity index is 2.51. The number of ether oxygens (including phenoxy) is 2. The first-order valence-electron chi connectivity index (χ1n) is 7.31. The summed E-state index contributed by atoms with van der Waals surface area (Å²) < 4.78 is 22.3. The molecule has 1 fully saturated rings. The van der Waals surface area contributed by atoms with Crippen LogP contribution in [-0.4, -0.2) is 58.9 Å². The summed E-state index contributed by atoms with van der Waals surface area (Å²) >= 11 is 1.32. The van der Waals surface area contributed by atoms with Crippen LogP contribution in [0.5, 0.6) is 0 Å². The molecule has 21 heavy (non-hydrogen) atoms. The van der Waals surface area contributed by atoms with Crippen LogP contribution in [0.25, 0.3) is 0 Å². The summed E-state index contributed by atoms with van der Waals surface area (Å²) in [6.45, 7) is 5.88. The van der Waals surface area contributed by atoms with Crippen molar-refractivity contribution >= 4 is 26.2 Å². The topological polar surface area (TPSA) is 76.1 Å². The van der Waals surface area contributed by atoms with Crippen LogP contribution in [0.1, 0.15) is 33.1 Å². The van der Waals surface area contributed by atoms with Crippen molar-refractivity contribution in [3.8, 4) is 0 Å². The summed E-state index contributed by atoms with van der Waals surface area (Å²) in [5, 5.41) is 9.23. The molecule has 0 saturated carbocycles. The van der Waals surface area contributed by atoms with Crippen molar-refractivity contribution in [3.05, 3.63) is 0 Å². The smallest absolute Gasteiger partial charge is 0.320 e. The number of carboxylic acids is 1. The molecule has 0 aliphatic carbocycles. The highest BCUT2D eigenvalue weighted by Gasteiger charge is 2.34. The molecule has 1 atom stereocenters. The monoisotopic (exact) mass is 337 g/mol. The molecule has 0 spiro atoms. The molecule has 1 saturated heterocycles. The van der Waals surface area contributed by atoms with Gasteiger partial charge in [0, 0.05) is 25.5 Å². The number of likely N-dealkylation sites (tertiary alicyclic amines) is 1. The van der Waals surface area contributed by atoms with Gasteiger partial charge in [0.25, 0.3) is 0 Å². The van der Waals surface area contributed by atoms with Crippen LogP contribution >= 0.6 is 20.2 Å². The summed E-state index contributed by atoms with van der Waals surface area (Å²) in [5.74, 6) is -0.151. The molecule has 0 aromatic carbocycles. The average Bonchev–Trinajstić information content (AvgIpc) is 2.48. The van der Waals surface area contributed by atoms with Crippen LogP contribution in [0.2, 0.25) is 0 Å². The third-order valence-corrected chi connectivity index (χ3v) is 5.41. The van der Waals surface area contributed by atoms with Crippen molar-refractivity contribution in [2.45, 2.75) is 44.0 Å². The fraction of sp³-hybridized carbons (Fsp3) is 0.923. The quantitative estimate of drug-likeness (QED) is 0.485. The Kier molecular flexibility index (Phi) is 8.74. The van der Waals surface area contributed by atoms with E-state index in [-0.39, 0.29) is 8.46 Å². The normalized spacial score (nSPS) is 20.8. The molecule has 6 nitrogen and oxygen atoms in total. The molecule has 1 N–H and O–H groups in total. The number of aliphatic carboxylic acids is 1. The number of hydrogen-bond acceptors (Lipinski definition) is 6. The maximum absolute atomic E-state index is 11.4. The maximum atomic E-state index is 11.4. The number of carboxylic acid groups (broad SMARTS) is 1. The first-order valence-corrected chi connectivity index (χ1v) is 9.11. The molecule has 1 aliphatic heterocycles. The number of rotatable bonds is 10. The summed E-state index contributed by atoms with van der Waals surface area (Å²) in [5.41, 5.74) is 0. The molecule has 0 aromatic heterocycles. The Morgan fingerprint density at radius 1 is 1.38 bits per heavy atom. The van der Waals surface area contributed by atoms with Gasteiger partial charge in [0.05, 0.1) is 0 Å². The van der Waals surface area contributed by atoms with E-state index in [1.54, 1.807) is 0 Å². The lowest BCUT2D eigenvalue weighted by molar-refractivity contribution is -0.144.